The van der Waals surface area contributed by atoms with Crippen molar-refractivity contribution in [3.8, 4) is 0 Å². The van der Waals surface area contributed by atoms with Gasteiger partial charge in [-0.3, -0.25) is 0 Å². The van der Waals surface area contributed by atoms with Crippen molar-refractivity contribution in [2.45, 2.75) is 24.4 Å². The molecular weight excluding hydrogens is 134 g/mol. The summed E-state index contributed by atoms with van der Waals surface area (Å²) in [7, 11) is 0. The van der Waals surface area contributed by atoms with Gasteiger partial charge in [0.2, 0.25) is 0 Å². The van der Waals surface area contributed by atoms with Gasteiger partial charge in [0.15, 0.2) is 0 Å². The Morgan fingerprint density at radius 2 is 1.60 bits per heavy atom. The van der Waals surface area contributed by atoms with Crippen LogP contribution in [0.25, 0.3) is 0 Å². The molecule has 0 heterocycles. The Bertz CT molecular complexity index is 132. The minimum Gasteiger partial charge on any atom is -0.388 e. The number of hydrogen-bond acceptors (Lipinski definition) is 4. The lowest BCUT2D eigenvalue weighted by Crippen LogP contribution is -2.49. The number of nitrogens with two attached hydrogens (primary N) is 1. The Kier molecular flexibility index (Phi) is 2.05. The van der Waals surface area contributed by atoms with Crippen molar-refractivity contribution in [2.24, 2.45) is 5.73 Å². The van der Waals surface area contributed by atoms with Crippen LogP contribution in [0.3, 0.4) is 0 Å². The summed E-state index contributed by atoms with van der Waals surface area (Å²) in [6.45, 7) is 0. The monoisotopic (exact) mass is 145 g/mol. The van der Waals surface area contributed by atoms with Gasteiger partial charge in [-0.1, -0.05) is 12.2 Å². The average molecular weight is 145 g/mol. The zero-order valence-corrected chi connectivity index (χ0v) is 5.38. The van der Waals surface area contributed by atoms with Gasteiger partial charge in [0.1, 0.15) is 18.3 Å². The Morgan fingerprint density at radius 1 is 1.00 bits per heavy atom. The van der Waals surface area contributed by atoms with Crippen LogP contribution >= 0.6 is 0 Å². The first-order valence-corrected chi connectivity index (χ1v) is 3.11. The van der Waals surface area contributed by atoms with Gasteiger partial charge in [-0.25, -0.2) is 0 Å². The summed E-state index contributed by atoms with van der Waals surface area (Å²) >= 11 is 0. The van der Waals surface area contributed by atoms with Crippen LogP contribution in [0.4, 0.5) is 0 Å². The van der Waals surface area contributed by atoms with Crippen LogP contribution in [-0.2, 0) is 0 Å². The molecule has 4 atom stereocenters. The molecule has 1 aliphatic rings. The lowest BCUT2D eigenvalue weighted by Gasteiger charge is -2.28. The van der Waals surface area contributed by atoms with Gasteiger partial charge >= 0.3 is 0 Å². The summed E-state index contributed by atoms with van der Waals surface area (Å²) in [6.07, 6.45) is -0.348. The minimum absolute atomic E-state index is 0.571. The van der Waals surface area contributed by atoms with E-state index in [1.54, 1.807) is 0 Å². The molecule has 1 aliphatic carbocycles. The molecular formula is C6H11NO3. The number of hydrogen-bond donors (Lipinski definition) is 4. The molecule has 4 nitrogen and oxygen atoms in total. The van der Waals surface area contributed by atoms with E-state index in [4.69, 9.17) is 21.1 Å². The molecule has 0 aromatic carbocycles. The molecule has 4 heteroatoms. The van der Waals surface area contributed by atoms with Crippen LogP contribution in [0, 0.1) is 0 Å². The molecule has 5 N–H and O–H groups in total. The van der Waals surface area contributed by atoms with E-state index < -0.39 is 24.4 Å². The second-order valence-electron chi connectivity index (χ2n) is 2.43. The highest BCUT2D eigenvalue weighted by atomic mass is 16.4. The van der Waals surface area contributed by atoms with E-state index in [-0.39, 0.29) is 0 Å². The fourth-order valence-electron chi connectivity index (χ4n) is 0.900. The molecule has 0 aliphatic heterocycles. The van der Waals surface area contributed by atoms with Gasteiger partial charge in [0.05, 0.1) is 6.04 Å². The molecule has 1 rings (SSSR count). The van der Waals surface area contributed by atoms with Crippen LogP contribution < -0.4 is 5.73 Å². The molecule has 0 spiro atoms. The smallest absolute Gasteiger partial charge is 0.111 e. The van der Waals surface area contributed by atoms with Crippen molar-refractivity contribution in [1.82, 2.24) is 0 Å². The maximum Gasteiger partial charge on any atom is 0.111 e. The Morgan fingerprint density at radius 3 is 2.10 bits per heavy atom. The zero-order valence-electron chi connectivity index (χ0n) is 5.38. The second-order valence-corrected chi connectivity index (χ2v) is 2.43. The minimum atomic E-state index is -1.15. The SMILES string of the molecule is N[C@@H]1C=C[C@H](O)C(O)C1O. The van der Waals surface area contributed by atoms with Crippen molar-refractivity contribution in [1.29, 1.82) is 0 Å². The standard InChI is InChI=1S/C6H11NO3/c7-3-1-2-4(8)6(10)5(3)9/h1-6,8-10H,7H2/t3-,4+,5?,6?/m1/s1. The quantitative estimate of drug-likeness (QED) is 0.296. The van der Waals surface area contributed by atoms with E-state index in [2.05, 4.69) is 0 Å². The highest BCUT2D eigenvalue weighted by molar-refractivity contribution is 5.09. The largest absolute Gasteiger partial charge is 0.388 e. The van der Waals surface area contributed by atoms with Crippen molar-refractivity contribution in [2.75, 3.05) is 0 Å². The summed E-state index contributed by atoms with van der Waals surface area (Å²) in [6, 6.07) is -0.571. The number of aliphatic hydroxyl groups is 3. The van der Waals surface area contributed by atoms with E-state index in [1.165, 1.54) is 12.2 Å². The van der Waals surface area contributed by atoms with E-state index in [1.807, 2.05) is 0 Å². The van der Waals surface area contributed by atoms with Gasteiger partial charge < -0.3 is 21.1 Å². The lowest BCUT2D eigenvalue weighted by atomic mass is 9.95. The molecule has 0 aromatic heterocycles. The van der Waals surface area contributed by atoms with Gasteiger partial charge in [-0.05, 0) is 0 Å². The van der Waals surface area contributed by atoms with E-state index >= 15 is 0 Å². The summed E-state index contributed by atoms with van der Waals surface area (Å²) in [5.74, 6) is 0. The maximum absolute atomic E-state index is 9.03. The first-order chi connectivity index (χ1) is 4.63. The molecule has 0 radical (unpaired) electrons. The van der Waals surface area contributed by atoms with Gasteiger partial charge in [0.25, 0.3) is 0 Å². The number of rotatable bonds is 0. The molecule has 58 valence electrons. The predicted molar refractivity (Wildman–Crippen MR) is 35.1 cm³/mol. The summed E-state index contributed by atoms with van der Waals surface area (Å²) in [4.78, 5) is 0. The third-order valence-electron chi connectivity index (χ3n) is 1.62. The Balaban J connectivity index is 2.69. The van der Waals surface area contributed by atoms with Gasteiger partial charge in [-0.15, -0.1) is 0 Å². The highest BCUT2D eigenvalue weighted by Gasteiger charge is 2.30. The first kappa shape index (κ1) is 7.68. The molecule has 0 amide bonds. The zero-order chi connectivity index (χ0) is 7.72. The molecule has 0 aromatic rings. The summed E-state index contributed by atoms with van der Waals surface area (Å²) in [5.41, 5.74) is 5.32. The van der Waals surface area contributed by atoms with Crippen LogP contribution in [0.1, 0.15) is 0 Å². The average Bonchev–Trinajstić information content (AvgIpc) is 1.93. The second kappa shape index (κ2) is 2.67. The molecule has 0 saturated carbocycles. The topological polar surface area (TPSA) is 86.7 Å². The van der Waals surface area contributed by atoms with Crippen molar-refractivity contribution < 1.29 is 15.3 Å². The molecule has 10 heavy (non-hydrogen) atoms. The van der Waals surface area contributed by atoms with Crippen LogP contribution in [0.2, 0.25) is 0 Å². The lowest BCUT2D eigenvalue weighted by molar-refractivity contribution is -0.0518. The van der Waals surface area contributed by atoms with Crippen LogP contribution in [0.15, 0.2) is 12.2 Å². The molecule has 0 fully saturated rings. The van der Waals surface area contributed by atoms with E-state index in [0.29, 0.717) is 0 Å². The number of aliphatic hydroxyl groups excluding tert-OH is 3. The molecule has 2 unspecified atom stereocenters. The van der Waals surface area contributed by atoms with Crippen LogP contribution in [-0.4, -0.2) is 39.7 Å². The van der Waals surface area contributed by atoms with E-state index in [9.17, 15) is 0 Å². The molecule has 0 saturated heterocycles. The third-order valence-corrected chi connectivity index (χ3v) is 1.62. The molecule has 0 bridgehead atoms. The fourth-order valence-corrected chi connectivity index (χ4v) is 0.900. The van der Waals surface area contributed by atoms with E-state index in [0.717, 1.165) is 0 Å². The summed E-state index contributed by atoms with van der Waals surface area (Å²) in [5, 5.41) is 26.9. The highest BCUT2D eigenvalue weighted by Crippen LogP contribution is 2.11. The normalized spacial score (nSPS) is 47.6. The van der Waals surface area contributed by atoms with Gasteiger partial charge in [-0.2, -0.15) is 0 Å². The Labute approximate surface area is 58.6 Å². The maximum atomic E-state index is 9.03. The van der Waals surface area contributed by atoms with Crippen molar-refractivity contribution in [3.63, 3.8) is 0 Å². The van der Waals surface area contributed by atoms with Crippen LogP contribution in [0.5, 0.6) is 0 Å². The van der Waals surface area contributed by atoms with Crippen molar-refractivity contribution in [3.05, 3.63) is 12.2 Å². The van der Waals surface area contributed by atoms with Gasteiger partial charge in [0, 0.05) is 0 Å². The summed E-state index contributed by atoms with van der Waals surface area (Å²) < 4.78 is 0. The fraction of sp³-hybridized carbons (Fsp3) is 0.667. The predicted octanol–water partition coefficient (Wildman–Crippen LogP) is -2.03. The van der Waals surface area contributed by atoms with Crippen molar-refractivity contribution >= 4 is 0 Å². The third kappa shape index (κ3) is 1.19. The Hall–Kier alpha value is -0.420. The first-order valence-electron chi connectivity index (χ1n) is 3.11.